The van der Waals surface area contributed by atoms with Crippen LogP contribution in [0.1, 0.15) is 24.0 Å². The summed E-state index contributed by atoms with van der Waals surface area (Å²) in [7, 11) is 1.66. The number of hydrazine groups is 1. The maximum absolute atomic E-state index is 5.75. The van der Waals surface area contributed by atoms with Crippen molar-refractivity contribution in [1.82, 2.24) is 16.2 Å². The average molecular weight is 345 g/mol. The number of furan rings is 1. The largest absolute Gasteiger partial charge is 0.497 e. The Labute approximate surface area is 148 Å². The molecule has 6 nitrogen and oxygen atoms in total. The minimum Gasteiger partial charge on any atom is -0.497 e. The molecule has 2 aromatic rings. The van der Waals surface area contributed by atoms with Crippen molar-refractivity contribution in [2.45, 2.75) is 19.4 Å². The molecule has 25 heavy (non-hydrogen) atoms. The van der Waals surface area contributed by atoms with Crippen LogP contribution in [0.2, 0.25) is 0 Å². The number of methoxy groups -OCH3 is 1. The van der Waals surface area contributed by atoms with Gasteiger partial charge in [-0.1, -0.05) is 0 Å². The van der Waals surface area contributed by atoms with Gasteiger partial charge in [-0.15, -0.1) is 0 Å². The predicted molar refractivity (Wildman–Crippen MR) is 96.8 cm³/mol. The van der Waals surface area contributed by atoms with Crippen molar-refractivity contribution in [1.29, 1.82) is 0 Å². The molecule has 1 aliphatic rings. The second-order valence-electron chi connectivity index (χ2n) is 6.29. The van der Waals surface area contributed by atoms with Crippen molar-refractivity contribution in [2.75, 3.05) is 33.4 Å². The van der Waals surface area contributed by atoms with Crippen molar-refractivity contribution < 1.29 is 13.9 Å². The number of aryl methyl sites for hydroxylation is 1. The monoisotopic (exact) mass is 345 g/mol. The molecule has 0 amide bonds. The Hall–Kier alpha value is -2.02. The molecule has 2 unspecified atom stereocenters. The third-order valence-electron chi connectivity index (χ3n) is 4.39. The Bertz CT molecular complexity index is 642. The van der Waals surface area contributed by atoms with E-state index in [1.165, 1.54) is 0 Å². The molecule has 2 heterocycles. The summed E-state index contributed by atoms with van der Waals surface area (Å²) in [5.74, 6) is 4.13. The van der Waals surface area contributed by atoms with Gasteiger partial charge in [0.2, 0.25) is 0 Å². The van der Waals surface area contributed by atoms with Gasteiger partial charge in [0, 0.05) is 19.0 Å². The van der Waals surface area contributed by atoms with Crippen LogP contribution in [-0.4, -0.2) is 33.4 Å². The number of nitrogens with one attached hydrogen (secondary N) is 3. The first-order chi connectivity index (χ1) is 12.3. The van der Waals surface area contributed by atoms with Crippen LogP contribution >= 0.6 is 0 Å². The molecule has 3 N–H and O–H groups in total. The zero-order valence-corrected chi connectivity index (χ0v) is 14.9. The third-order valence-corrected chi connectivity index (χ3v) is 4.39. The molecule has 0 saturated carbocycles. The lowest BCUT2D eigenvalue weighted by molar-refractivity contribution is 0.303. The van der Waals surface area contributed by atoms with Crippen LogP contribution in [0.4, 0.5) is 0 Å². The molecule has 2 atom stereocenters. The summed E-state index contributed by atoms with van der Waals surface area (Å²) < 4.78 is 16.6. The molecule has 6 heteroatoms. The smallest absolute Gasteiger partial charge is 0.122 e. The van der Waals surface area contributed by atoms with Crippen LogP contribution in [0.5, 0.6) is 11.5 Å². The van der Waals surface area contributed by atoms with Gasteiger partial charge in [-0.2, -0.15) is 0 Å². The molecule has 1 fully saturated rings. The van der Waals surface area contributed by atoms with Crippen molar-refractivity contribution in [3.05, 3.63) is 47.9 Å². The van der Waals surface area contributed by atoms with E-state index in [2.05, 4.69) is 22.2 Å². The first-order valence-corrected chi connectivity index (χ1v) is 8.78. The number of hydrogen-bond acceptors (Lipinski definition) is 6. The third kappa shape index (κ3) is 4.98. The Kier molecular flexibility index (Phi) is 6.33. The zero-order chi connectivity index (χ0) is 17.5. The number of benzene rings is 1. The zero-order valence-electron chi connectivity index (χ0n) is 14.9. The van der Waals surface area contributed by atoms with Gasteiger partial charge < -0.3 is 19.2 Å². The van der Waals surface area contributed by atoms with Gasteiger partial charge >= 0.3 is 0 Å². The molecule has 0 aliphatic carbocycles. The van der Waals surface area contributed by atoms with Crippen LogP contribution in [0.15, 0.2) is 40.8 Å². The van der Waals surface area contributed by atoms with Crippen molar-refractivity contribution in [2.24, 2.45) is 5.92 Å². The van der Waals surface area contributed by atoms with Crippen molar-refractivity contribution in [3.63, 3.8) is 0 Å². The Morgan fingerprint density at radius 3 is 2.68 bits per heavy atom. The molecule has 3 rings (SSSR count). The number of hydrogen-bond donors (Lipinski definition) is 3. The molecule has 1 aromatic heterocycles. The van der Waals surface area contributed by atoms with E-state index in [0.29, 0.717) is 12.5 Å². The molecule has 1 aromatic carbocycles. The molecule has 1 aliphatic heterocycles. The fraction of sp³-hybridized carbons (Fsp3) is 0.474. The predicted octanol–water partition coefficient (Wildman–Crippen LogP) is 2.42. The highest BCUT2D eigenvalue weighted by Crippen LogP contribution is 2.25. The maximum atomic E-state index is 5.75. The second-order valence-corrected chi connectivity index (χ2v) is 6.29. The summed E-state index contributed by atoms with van der Waals surface area (Å²) in [5, 5.41) is 3.52. The van der Waals surface area contributed by atoms with Crippen LogP contribution in [0.25, 0.3) is 0 Å². The van der Waals surface area contributed by atoms with E-state index >= 15 is 0 Å². The molecular weight excluding hydrogens is 318 g/mol. The number of rotatable bonds is 9. The molecule has 1 saturated heterocycles. The summed E-state index contributed by atoms with van der Waals surface area (Å²) in [4.78, 5) is 0. The van der Waals surface area contributed by atoms with Crippen molar-refractivity contribution in [3.8, 4) is 11.5 Å². The topological polar surface area (TPSA) is 67.7 Å². The molecule has 0 spiro atoms. The molecule has 0 bridgehead atoms. The maximum Gasteiger partial charge on any atom is 0.122 e. The normalized spacial score (nSPS) is 19.9. The van der Waals surface area contributed by atoms with E-state index in [1.54, 1.807) is 7.11 Å². The van der Waals surface area contributed by atoms with Gasteiger partial charge in [0.15, 0.2) is 0 Å². The lowest BCUT2D eigenvalue weighted by atomic mass is 10.00. The highest BCUT2D eigenvalue weighted by Gasteiger charge is 2.29. The fourth-order valence-corrected chi connectivity index (χ4v) is 3.00. The van der Waals surface area contributed by atoms with E-state index < -0.39 is 0 Å². The SMILES string of the molecule is COc1ccc(OCCCNCC2CNNC2c2ccc(C)o2)cc1. The molecule has 136 valence electrons. The van der Waals surface area contributed by atoms with Gasteiger partial charge in [0.1, 0.15) is 23.0 Å². The lowest BCUT2D eigenvalue weighted by Gasteiger charge is -2.17. The van der Waals surface area contributed by atoms with E-state index in [-0.39, 0.29) is 6.04 Å². The van der Waals surface area contributed by atoms with Crippen LogP contribution < -0.4 is 25.6 Å². The van der Waals surface area contributed by atoms with Crippen LogP contribution in [-0.2, 0) is 0 Å². The van der Waals surface area contributed by atoms with Gasteiger partial charge in [0.05, 0.1) is 19.8 Å². The summed E-state index contributed by atoms with van der Waals surface area (Å²) >= 11 is 0. The van der Waals surface area contributed by atoms with E-state index in [1.807, 2.05) is 37.3 Å². The Morgan fingerprint density at radius 1 is 1.16 bits per heavy atom. The van der Waals surface area contributed by atoms with E-state index in [4.69, 9.17) is 13.9 Å². The fourth-order valence-electron chi connectivity index (χ4n) is 3.00. The summed E-state index contributed by atoms with van der Waals surface area (Å²) in [6.07, 6.45) is 0.962. The summed E-state index contributed by atoms with van der Waals surface area (Å²) in [6, 6.07) is 12.0. The standard InChI is InChI=1S/C19H27N3O3/c1-14-4-9-18(25-14)19-15(13-21-22-19)12-20-10-3-11-24-17-7-5-16(23-2)6-8-17/h4-9,15,19-22H,3,10-13H2,1-2H3. The van der Waals surface area contributed by atoms with Crippen LogP contribution in [0.3, 0.4) is 0 Å². The van der Waals surface area contributed by atoms with E-state index in [9.17, 15) is 0 Å². The Morgan fingerprint density at radius 2 is 1.96 bits per heavy atom. The lowest BCUT2D eigenvalue weighted by Crippen LogP contribution is -2.29. The van der Waals surface area contributed by atoms with E-state index in [0.717, 1.165) is 49.1 Å². The second kappa shape index (κ2) is 8.89. The van der Waals surface area contributed by atoms with Gasteiger partial charge in [-0.25, -0.2) is 5.43 Å². The Balaban J connectivity index is 1.32. The minimum absolute atomic E-state index is 0.219. The highest BCUT2D eigenvalue weighted by atomic mass is 16.5. The average Bonchev–Trinajstić information content (AvgIpc) is 3.27. The summed E-state index contributed by atoms with van der Waals surface area (Å²) in [5.41, 5.74) is 6.53. The van der Waals surface area contributed by atoms with Crippen LogP contribution in [0, 0.1) is 12.8 Å². The van der Waals surface area contributed by atoms with Gasteiger partial charge in [-0.3, -0.25) is 5.43 Å². The van der Waals surface area contributed by atoms with Crippen molar-refractivity contribution >= 4 is 0 Å². The highest BCUT2D eigenvalue weighted by molar-refractivity contribution is 5.31. The molecule has 0 radical (unpaired) electrons. The number of ether oxygens (including phenoxy) is 2. The quantitative estimate of drug-likeness (QED) is 0.607. The van der Waals surface area contributed by atoms with Gasteiger partial charge in [-0.05, 0) is 56.3 Å². The minimum atomic E-state index is 0.219. The van der Waals surface area contributed by atoms with Gasteiger partial charge in [0.25, 0.3) is 0 Å². The molecular formula is C19H27N3O3. The first kappa shape index (κ1) is 17.8. The summed E-state index contributed by atoms with van der Waals surface area (Å²) in [6.45, 7) is 5.46. The first-order valence-electron chi connectivity index (χ1n) is 8.78.